The molecule has 2 N–H and O–H groups in total. The lowest BCUT2D eigenvalue weighted by molar-refractivity contribution is -0.142. The first-order valence-electron chi connectivity index (χ1n) is 6.49. The Labute approximate surface area is 116 Å². The van der Waals surface area contributed by atoms with Gasteiger partial charge in [0.15, 0.2) is 0 Å². The van der Waals surface area contributed by atoms with Gasteiger partial charge in [-0.15, -0.1) is 0 Å². The van der Waals surface area contributed by atoms with E-state index in [0.29, 0.717) is 6.42 Å². The third kappa shape index (κ3) is 2.64. The standard InChI is InChI=1S/C14H17N3O3/c1-3-10(14(19)20)16-13(18)9(2)17-8-15-11-6-4-5-7-12(11)17/h4-10H,3H2,1-2H3,(H,16,18)(H,19,20). The summed E-state index contributed by atoms with van der Waals surface area (Å²) in [7, 11) is 0. The fourth-order valence-corrected chi connectivity index (χ4v) is 2.04. The first-order chi connectivity index (χ1) is 9.54. The van der Waals surface area contributed by atoms with Gasteiger partial charge in [-0.05, 0) is 25.5 Å². The number of carbonyl (C=O) groups excluding carboxylic acids is 1. The second kappa shape index (κ2) is 5.73. The average molecular weight is 275 g/mol. The molecule has 0 fully saturated rings. The van der Waals surface area contributed by atoms with Gasteiger partial charge >= 0.3 is 5.97 Å². The number of benzene rings is 1. The SMILES string of the molecule is CCC(NC(=O)C(C)n1cnc2ccccc21)C(=O)O. The number of fused-ring (bicyclic) bond motifs is 1. The van der Waals surface area contributed by atoms with E-state index < -0.39 is 18.1 Å². The second-order valence-electron chi connectivity index (χ2n) is 4.62. The predicted molar refractivity (Wildman–Crippen MR) is 74.3 cm³/mol. The predicted octanol–water partition coefficient (Wildman–Crippen LogP) is 1.58. The van der Waals surface area contributed by atoms with E-state index in [2.05, 4.69) is 10.3 Å². The van der Waals surface area contributed by atoms with Crippen molar-refractivity contribution in [3.05, 3.63) is 30.6 Å². The van der Waals surface area contributed by atoms with Crippen molar-refractivity contribution in [3.8, 4) is 0 Å². The van der Waals surface area contributed by atoms with Crippen LogP contribution in [0.4, 0.5) is 0 Å². The number of aromatic nitrogens is 2. The summed E-state index contributed by atoms with van der Waals surface area (Å²) in [5.74, 6) is -1.36. The van der Waals surface area contributed by atoms with Gasteiger partial charge in [0.2, 0.25) is 5.91 Å². The highest BCUT2D eigenvalue weighted by atomic mass is 16.4. The number of para-hydroxylation sites is 2. The highest BCUT2D eigenvalue weighted by molar-refractivity contribution is 5.87. The van der Waals surface area contributed by atoms with E-state index in [1.807, 2.05) is 24.3 Å². The number of hydrogen-bond acceptors (Lipinski definition) is 3. The van der Waals surface area contributed by atoms with Crippen molar-refractivity contribution in [3.63, 3.8) is 0 Å². The topological polar surface area (TPSA) is 84.2 Å². The summed E-state index contributed by atoms with van der Waals surface area (Å²) in [6.45, 7) is 3.44. The average Bonchev–Trinajstić information content (AvgIpc) is 2.87. The summed E-state index contributed by atoms with van der Waals surface area (Å²) in [6.07, 6.45) is 1.94. The molecule has 6 nitrogen and oxygen atoms in total. The summed E-state index contributed by atoms with van der Waals surface area (Å²) >= 11 is 0. The number of carboxylic acid groups (broad SMARTS) is 1. The van der Waals surface area contributed by atoms with Crippen LogP contribution in [-0.4, -0.2) is 32.6 Å². The van der Waals surface area contributed by atoms with Crippen molar-refractivity contribution in [1.82, 2.24) is 14.9 Å². The summed E-state index contributed by atoms with van der Waals surface area (Å²) in [6, 6.07) is 6.11. The molecular formula is C14H17N3O3. The Balaban J connectivity index is 2.20. The molecule has 1 aromatic heterocycles. The van der Waals surface area contributed by atoms with E-state index in [1.165, 1.54) is 0 Å². The van der Waals surface area contributed by atoms with Gasteiger partial charge in [0, 0.05) is 0 Å². The zero-order valence-corrected chi connectivity index (χ0v) is 11.4. The number of amides is 1. The van der Waals surface area contributed by atoms with E-state index in [-0.39, 0.29) is 5.91 Å². The van der Waals surface area contributed by atoms with Gasteiger partial charge < -0.3 is 15.0 Å². The van der Waals surface area contributed by atoms with Crippen LogP contribution in [-0.2, 0) is 9.59 Å². The van der Waals surface area contributed by atoms with Crippen molar-refractivity contribution in [2.45, 2.75) is 32.4 Å². The van der Waals surface area contributed by atoms with Gasteiger partial charge in [0.25, 0.3) is 0 Å². The van der Waals surface area contributed by atoms with Crippen molar-refractivity contribution in [1.29, 1.82) is 0 Å². The van der Waals surface area contributed by atoms with Crippen LogP contribution >= 0.6 is 0 Å². The van der Waals surface area contributed by atoms with E-state index in [1.54, 1.807) is 24.7 Å². The number of nitrogens with one attached hydrogen (secondary N) is 1. The van der Waals surface area contributed by atoms with Crippen molar-refractivity contribution in [2.24, 2.45) is 0 Å². The van der Waals surface area contributed by atoms with Gasteiger partial charge in [0.1, 0.15) is 12.1 Å². The Morgan fingerprint density at radius 2 is 2.10 bits per heavy atom. The van der Waals surface area contributed by atoms with Crippen molar-refractivity contribution >= 4 is 22.9 Å². The number of carbonyl (C=O) groups is 2. The molecule has 0 spiro atoms. The zero-order chi connectivity index (χ0) is 14.7. The molecule has 0 radical (unpaired) electrons. The number of nitrogens with zero attached hydrogens (tertiary/aromatic N) is 2. The lowest BCUT2D eigenvalue weighted by atomic mass is 10.2. The highest BCUT2D eigenvalue weighted by Crippen LogP contribution is 2.17. The molecule has 0 saturated heterocycles. The van der Waals surface area contributed by atoms with E-state index in [9.17, 15) is 9.59 Å². The van der Waals surface area contributed by atoms with Crippen LogP contribution in [0.5, 0.6) is 0 Å². The molecule has 2 unspecified atom stereocenters. The normalized spacial score (nSPS) is 13.9. The highest BCUT2D eigenvalue weighted by Gasteiger charge is 2.23. The minimum absolute atomic E-state index is 0.331. The number of hydrogen-bond donors (Lipinski definition) is 2. The van der Waals surface area contributed by atoms with Gasteiger partial charge in [-0.3, -0.25) is 4.79 Å². The van der Waals surface area contributed by atoms with Crippen LogP contribution in [0.2, 0.25) is 0 Å². The molecule has 106 valence electrons. The largest absolute Gasteiger partial charge is 0.480 e. The molecule has 1 amide bonds. The first kappa shape index (κ1) is 14.0. The molecule has 0 aliphatic rings. The quantitative estimate of drug-likeness (QED) is 0.867. The van der Waals surface area contributed by atoms with Crippen LogP contribution < -0.4 is 5.32 Å². The molecule has 1 aromatic carbocycles. The van der Waals surface area contributed by atoms with E-state index in [4.69, 9.17) is 5.11 Å². The van der Waals surface area contributed by atoms with Crippen LogP contribution in [0.15, 0.2) is 30.6 Å². The maximum absolute atomic E-state index is 12.1. The number of rotatable bonds is 5. The first-order valence-corrected chi connectivity index (χ1v) is 6.49. The number of carboxylic acids is 1. The van der Waals surface area contributed by atoms with Crippen LogP contribution in [0.1, 0.15) is 26.3 Å². The molecular weight excluding hydrogens is 258 g/mol. The van der Waals surface area contributed by atoms with Crippen molar-refractivity contribution < 1.29 is 14.7 Å². The molecule has 0 aliphatic carbocycles. The maximum Gasteiger partial charge on any atom is 0.326 e. The monoisotopic (exact) mass is 275 g/mol. The minimum atomic E-state index is -1.02. The van der Waals surface area contributed by atoms with Crippen LogP contribution in [0.25, 0.3) is 11.0 Å². The molecule has 2 rings (SSSR count). The Hall–Kier alpha value is -2.37. The third-order valence-corrected chi connectivity index (χ3v) is 3.30. The smallest absolute Gasteiger partial charge is 0.326 e. The molecule has 2 aromatic rings. The molecule has 1 heterocycles. The van der Waals surface area contributed by atoms with Gasteiger partial charge in [-0.2, -0.15) is 0 Å². The molecule has 0 aliphatic heterocycles. The second-order valence-corrected chi connectivity index (χ2v) is 4.62. The lowest BCUT2D eigenvalue weighted by Gasteiger charge is -2.18. The number of aliphatic carboxylic acids is 1. The molecule has 0 saturated carbocycles. The Kier molecular flexibility index (Phi) is 4.02. The molecule has 0 bridgehead atoms. The Morgan fingerprint density at radius 3 is 2.75 bits per heavy atom. The fourth-order valence-electron chi connectivity index (χ4n) is 2.04. The van der Waals surface area contributed by atoms with E-state index in [0.717, 1.165) is 11.0 Å². The zero-order valence-electron chi connectivity index (χ0n) is 11.4. The van der Waals surface area contributed by atoms with Crippen LogP contribution in [0, 0.1) is 0 Å². The van der Waals surface area contributed by atoms with Crippen molar-refractivity contribution in [2.75, 3.05) is 0 Å². The minimum Gasteiger partial charge on any atom is -0.480 e. The molecule has 2 atom stereocenters. The third-order valence-electron chi connectivity index (χ3n) is 3.30. The fraction of sp³-hybridized carbons (Fsp3) is 0.357. The summed E-state index contributed by atoms with van der Waals surface area (Å²) < 4.78 is 1.74. The lowest BCUT2D eigenvalue weighted by Crippen LogP contribution is -2.43. The van der Waals surface area contributed by atoms with E-state index >= 15 is 0 Å². The van der Waals surface area contributed by atoms with Crippen LogP contribution in [0.3, 0.4) is 0 Å². The Morgan fingerprint density at radius 1 is 1.40 bits per heavy atom. The summed E-state index contributed by atoms with van der Waals surface area (Å²) in [5, 5.41) is 11.5. The number of imidazole rings is 1. The maximum atomic E-state index is 12.1. The van der Waals surface area contributed by atoms with Gasteiger partial charge in [-0.25, -0.2) is 9.78 Å². The molecule has 6 heteroatoms. The summed E-state index contributed by atoms with van der Waals surface area (Å²) in [4.78, 5) is 27.3. The van der Waals surface area contributed by atoms with Gasteiger partial charge in [-0.1, -0.05) is 19.1 Å². The molecule has 20 heavy (non-hydrogen) atoms. The van der Waals surface area contributed by atoms with Gasteiger partial charge in [0.05, 0.1) is 17.4 Å². The Bertz CT molecular complexity index is 635. The summed E-state index contributed by atoms with van der Waals surface area (Å²) in [5.41, 5.74) is 1.65.